The molecule has 0 radical (unpaired) electrons. The number of amides is 1. The highest BCUT2D eigenvalue weighted by molar-refractivity contribution is 5.93. The third kappa shape index (κ3) is 5.53. The molecule has 1 amide bonds. The van der Waals surface area contributed by atoms with Gasteiger partial charge in [-0.2, -0.15) is 0 Å². The van der Waals surface area contributed by atoms with E-state index in [2.05, 4.69) is 17.2 Å². The zero-order valence-electron chi connectivity index (χ0n) is 12.0. The Labute approximate surface area is 119 Å². The fourth-order valence-electron chi connectivity index (χ4n) is 1.49. The second-order valence-corrected chi connectivity index (χ2v) is 3.88. The number of carbonyl (C=O) groups excluding carboxylic acids is 1. The fourth-order valence-corrected chi connectivity index (χ4v) is 1.49. The van der Waals surface area contributed by atoms with Gasteiger partial charge in [-0.05, 0) is 19.3 Å². The average molecular weight is 277 g/mol. The van der Waals surface area contributed by atoms with E-state index in [9.17, 15) is 4.79 Å². The Hall–Kier alpha value is -2.35. The summed E-state index contributed by atoms with van der Waals surface area (Å²) in [7, 11) is 3.17. The molecule has 0 aliphatic heterocycles. The number of hydrogen-bond acceptors (Lipinski definition) is 4. The number of rotatable bonds is 7. The molecule has 108 valence electrons. The van der Waals surface area contributed by atoms with Crippen LogP contribution in [0.3, 0.4) is 0 Å². The molecule has 0 aliphatic rings. The number of carbonyl (C=O) groups is 1. The predicted molar refractivity (Wildman–Crippen MR) is 76.1 cm³/mol. The Bertz CT molecular complexity index is 480. The highest BCUT2D eigenvalue weighted by Gasteiger charge is 2.03. The van der Waals surface area contributed by atoms with Crippen molar-refractivity contribution in [2.24, 2.45) is 0 Å². The lowest BCUT2D eigenvalue weighted by Crippen LogP contribution is -2.23. The van der Waals surface area contributed by atoms with Gasteiger partial charge in [-0.15, -0.1) is 0 Å². The summed E-state index contributed by atoms with van der Waals surface area (Å²) in [6, 6.07) is 5.34. The summed E-state index contributed by atoms with van der Waals surface area (Å²) in [5.41, 5.74) is 0. The average Bonchev–Trinajstić information content (AvgIpc) is 2.46. The number of hydrogen-bond donors (Lipinski definition) is 1. The maximum Gasteiger partial charge on any atom is 0.295 e. The molecule has 0 atom stereocenters. The molecular formula is C15H19NO4. The van der Waals surface area contributed by atoms with Gasteiger partial charge in [0.25, 0.3) is 5.91 Å². The Morgan fingerprint density at radius 1 is 1.15 bits per heavy atom. The topological polar surface area (TPSA) is 56.8 Å². The Balaban J connectivity index is 2.37. The monoisotopic (exact) mass is 277 g/mol. The van der Waals surface area contributed by atoms with Crippen molar-refractivity contribution < 1.29 is 19.0 Å². The highest BCUT2D eigenvalue weighted by Crippen LogP contribution is 2.27. The minimum absolute atomic E-state index is 0.268. The van der Waals surface area contributed by atoms with Crippen molar-refractivity contribution in [2.45, 2.75) is 13.3 Å². The smallest absolute Gasteiger partial charge is 0.295 e. The van der Waals surface area contributed by atoms with E-state index in [4.69, 9.17) is 14.2 Å². The van der Waals surface area contributed by atoms with Gasteiger partial charge in [0.05, 0.1) is 20.8 Å². The van der Waals surface area contributed by atoms with Crippen molar-refractivity contribution in [3.63, 3.8) is 0 Å². The van der Waals surface area contributed by atoms with Gasteiger partial charge >= 0.3 is 0 Å². The zero-order chi connectivity index (χ0) is 14.8. The van der Waals surface area contributed by atoms with Crippen LogP contribution in [0, 0.1) is 11.8 Å². The lowest BCUT2D eigenvalue weighted by atomic mass is 10.3. The maximum atomic E-state index is 11.1. The van der Waals surface area contributed by atoms with E-state index < -0.39 is 0 Å². The van der Waals surface area contributed by atoms with Crippen LogP contribution in [-0.4, -0.2) is 33.3 Å². The third-order valence-electron chi connectivity index (χ3n) is 2.44. The Kier molecular flexibility index (Phi) is 6.83. The lowest BCUT2D eigenvalue weighted by molar-refractivity contribution is -0.115. The van der Waals surface area contributed by atoms with E-state index in [1.54, 1.807) is 39.3 Å². The zero-order valence-corrected chi connectivity index (χ0v) is 12.0. The van der Waals surface area contributed by atoms with Crippen LogP contribution in [0.15, 0.2) is 18.2 Å². The first-order chi connectivity index (χ1) is 9.69. The van der Waals surface area contributed by atoms with Gasteiger partial charge in [0, 0.05) is 24.7 Å². The van der Waals surface area contributed by atoms with E-state index >= 15 is 0 Å². The largest absolute Gasteiger partial charge is 0.496 e. The first kappa shape index (κ1) is 15.7. The van der Waals surface area contributed by atoms with Crippen LogP contribution in [0.5, 0.6) is 17.2 Å². The first-order valence-electron chi connectivity index (χ1n) is 6.26. The molecule has 1 aromatic rings. The summed E-state index contributed by atoms with van der Waals surface area (Å²) in [5.74, 6) is 6.69. The van der Waals surface area contributed by atoms with Crippen molar-refractivity contribution in [3.8, 4) is 29.1 Å². The molecule has 0 fully saturated rings. The number of methoxy groups -OCH3 is 2. The van der Waals surface area contributed by atoms with Gasteiger partial charge in [0.15, 0.2) is 0 Å². The van der Waals surface area contributed by atoms with Gasteiger partial charge in [-0.3, -0.25) is 4.79 Å². The molecule has 0 spiro atoms. The molecule has 0 bridgehead atoms. The SMILES string of the molecule is CC#CC(=O)NCCCOc1cc(OC)cc(OC)c1. The van der Waals surface area contributed by atoms with E-state index in [1.807, 2.05) is 0 Å². The highest BCUT2D eigenvalue weighted by atomic mass is 16.5. The van der Waals surface area contributed by atoms with Crippen LogP contribution in [0.25, 0.3) is 0 Å². The molecule has 0 aliphatic carbocycles. The van der Waals surface area contributed by atoms with Crippen LogP contribution in [0.1, 0.15) is 13.3 Å². The van der Waals surface area contributed by atoms with Gasteiger partial charge in [-0.25, -0.2) is 0 Å². The van der Waals surface area contributed by atoms with Gasteiger partial charge in [0.2, 0.25) is 0 Å². The predicted octanol–water partition coefficient (Wildman–Crippen LogP) is 1.61. The minimum Gasteiger partial charge on any atom is -0.496 e. The summed E-state index contributed by atoms with van der Waals surface area (Å²) in [4.78, 5) is 11.1. The summed E-state index contributed by atoms with van der Waals surface area (Å²) in [5, 5.41) is 2.67. The van der Waals surface area contributed by atoms with Crippen LogP contribution in [-0.2, 0) is 4.79 Å². The van der Waals surface area contributed by atoms with Gasteiger partial charge in [0.1, 0.15) is 17.2 Å². The Morgan fingerprint density at radius 2 is 1.75 bits per heavy atom. The summed E-state index contributed by atoms with van der Waals surface area (Å²) in [6.07, 6.45) is 0.691. The molecular weight excluding hydrogens is 258 g/mol. The van der Waals surface area contributed by atoms with Gasteiger partial charge in [-0.1, -0.05) is 5.92 Å². The number of benzene rings is 1. The normalized spacial score (nSPS) is 9.15. The molecule has 0 unspecified atom stereocenters. The lowest BCUT2D eigenvalue weighted by Gasteiger charge is -2.10. The van der Waals surface area contributed by atoms with E-state index in [-0.39, 0.29) is 5.91 Å². The van der Waals surface area contributed by atoms with E-state index in [1.165, 1.54) is 0 Å². The first-order valence-corrected chi connectivity index (χ1v) is 6.26. The van der Waals surface area contributed by atoms with Crippen LogP contribution < -0.4 is 19.5 Å². The molecule has 20 heavy (non-hydrogen) atoms. The summed E-state index contributed by atoms with van der Waals surface area (Å²) in [6.45, 7) is 2.63. The molecule has 1 rings (SSSR count). The number of ether oxygens (including phenoxy) is 3. The minimum atomic E-state index is -0.268. The van der Waals surface area contributed by atoms with Crippen molar-refractivity contribution in [3.05, 3.63) is 18.2 Å². The van der Waals surface area contributed by atoms with Crippen LogP contribution >= 0.6 is 0 Å². The van der Waals surface area contributed by atoms with Crippen molar-refractivity contribution in [1.82, 2.24) is 5.32 Å². The van der Waals surface area contributed by atoms with E-state index in [0.717, 1.165) is 0 Å². The molecule has 5 nitrogen and oxygen atoms in total. The van der Waals surface area contributed by atoms with Gasteiger partial charge < -0.3 is 19.5 Å². The molecule has 1 N–H and O–H groups in total. The standard InChI is InChI=1S/C15H19NO4/c1-4-6-15(17)16-7-5-8-20-14-10-12(18-2)9-13(11-14)19-3/h9-11H,5,7-8H2,1-3H3,(H,16,17). The second-order valence-electron chi connectivity index (χ2n) is 3.88. The quantitative estimate of drug-likeness (QED) is 0.607. The van der Waals surface area contributed by atoms with E-state index in [0.29, 0.717) is 36.8 Å². The summed E-state index contributed by atoms with van der Waals surface area (Å²) >= 11 is 0. The van der Waals surface area contributed by atoms with Crippen molar-refractivity contribution >= 4 is 5.91 Å². The molecule has 1 aromatic carbocycles. The number of nitrogens with one attached hydrogen (secondary N) is 1. The summed E-state index contributed by atoms with van der Waals surface area (Å²) < 4.78 is 15.9. The van der Waals surface area contributed by atoms with Crippen molar-refractivity contribution in [2.75, 3.05) is 27.4 Å². The van der Waals surface area contributed by atoms with Crippen LogP contribution in [0.2, 0.25) is 0 Å². The molecule has 0 heterocycles. The molecule has 5 heteroatoms. The molecule has 0 saturated heterocycles. The Morgan fingerprint density at radius 3 is 2.30 bits per heavy atom. The van der Waals surface area contributed by atoms with Crippen LogP contribution in [0.4, 0.5) is 0 Å². The van der Waals surface area contributed by atoms with Crippen molar-refractivity contribution in [1.29, 1.82) is 0 Å². The molecule has 0 saturated carbocycles. The third-order valence-corrected chi connectivity index (χ3v) is 2.44. The maximum absolute atomic E-state index is 11.1. The fraction of sp³-hybridized carbons (Fsp3) is 0.400. The molecule has 0 aromatic heterocycles. The second kappa shape index (κ2) is 8.70.